The molecule has 0 aliphatic carbocycles. The van der Waals surface area contributed by atoms with Gasteiger partial charge in [-0.1, -0.05) is 36.4 Å². The predicted molar refractivity (Wildman–Crippen MR) is 127 cm³/mol. The van der Waals surface area contributed by atoms with E-state index in [1.807, 2.05) is 55.5 Å². The number of sulfonamides is 1. The van der Waals surface area contributed by atoms with Crippen LogP contribution in [-0.4, -0.2) is 50.6 Å². The molecule has 0 radical (unpaired) electrons. The van der Waals surface area contributed by atoms with Gasteiger partial charge in [0.25, 0.3) is 0 Å². The molecule has 2 aromatic carbocycles. The van der Waals surface area contributed by atoms with E-state index >= 15 is 0 Å². The van der Waals surface area contributed by atoms with Crippen molar-refractivity contribution in [1.82, 2.24) is 9.62 Å². The van der Waals surface area contributed by atoms with E-state index in [0.29, 0.717) is 45.5 Å². The van der Waals surface area contributed by atoms with Crippen molar-refractivity contribution >= 4 is 15.9 Å². The van der Waals surface area contributed by atoms with Crippen molar-refractivity contribution in [2.24, 2.45) is 5.92 Å². The van der Waals surface area contributed by atoms with Crippen LogP contribution < -0.4 is 10.1 Å². The van der Waals surface area contributed by atoms with E-state index in [1.165, 1.54) is 11.1 Å². The zero-order valence-corrected chi connectivity index (χ0v) is 19.9. The average molecular weight is 459 g/mol. The maximum Gasteiger partial charge on any atom is 0.223 e. The standard InChI is InChI=1S/C25H34N2O4S/c1-20-10-11-24(19-21(20)2)31-17-14-26-25(28)23-12-15-27(16-13-23)32(29,30)18-6-9-22-7-4-3-5-8-22/h3-5,7-8,10-11,19,23H,6,9,12-18H2,1-2H3,(H,26,28). The number of nitrogens with one attached hydrogen (secondary N) is 1. The molecule has 32 heavy (non-hydrogen) atoms. The van der Waals surface area contributed by atoms with Crippen LogP contribution in [0.15, 0.2) is 48.5 Å². The summed E-state index contributed by atoms with van der Waals surface area (Å²) in [7, 11) is -3.28. The maximum atomic E-state index is 12.7. The number of nitrogens with zero attached hydrogens (tertiary/aromatic N) is 1. The number of ether oxygens (including phenoxy) is 1. The minimum atomic E-state index is -3.28. The largest absolute Gasteiger partial charge is 0.492 e. The lowest BCUT2D eigenvalue weighted by Gasteiger charge is -2.30. The summed E-state index contributed by atoms with van der Waals surface area (Å²) in [5, 5.41) is 2.92. The van der Waals surface area contributed by atoms with Gasteiger partial charge >= 0.3 is 0 Å². The minimum Gasteiger partial charge on any atom is -0.492 e. The van der Waals surface area contributed by atoms with Crippen molar-refractivity contribution in [2.75, 3.05) is 32.0 Å². The van der Waals surface area contributed by atoms with E-state index in [0.717, 1.165) is 17.7 Å². The van der Waals surface area contributed by atoms with Crippen LogP contribution in [0.2, 0.25) is 0 Å². The van der Waals surface area contributed by atoms with Gasteiger partial charge in [-0.3, -0.25) is 4.79 Å². The second kappa shape index (κ2) is 11.5. The van der Waals surface area contributed by atoms with Crippen molar-refractivity contribution in [3.63, 3.8) is 0 Å². The first kappa shape index (κ1) is 24.3. The second-order valence-electron chi connectivity index (χ2n) is 8.46. The molecule has 1 aliphatic rings. The van der Waals surface area contributed by atoms with E-state index < -0.39 is 10.0 Å². The molecule has 6 nitrogen and oxygen atoms in total. The molecule has 0 bridgehead atoms. The molecule has 1 heterocycles. The molecule has 7 heteroatoms. The zero-order valence-electron chi connectivity index (χ0n) is 19.0. The lowest BCUT2D eigenvalue weighted by Crippen LogP contribution is -2.44. The number of benzene rings is 2. The third kappa shape index (κ3) is 7.07. The van der Waals surface area contributed by atoms with Crippen LogP contribution >= 0.6 is 0 Å². The van der Waals surface area contributed by atoms with Gasteiger partial charge in [-0.15, -0.1) is 0 Å². The van der Waals surface area contributed by atoms with E-state index in [-0.39, 0.29) is 17.6 Å². The number of rotatable bonds is 10. The lowest BCUT2D eigenvalue weighted by atomic mass is 9.97. The number of hydrogen-bond acceptors (Lipinski definition) is 4. The van der Waals surface area contributed by atoms with E-state index in [1.54, 1.807) is 4.31 Å². The summed E-state index contributed by atoms with van der Waals surface area (Å²) in [4.78, 5) is 12.5. The number of hydrogen-bond donors (Lipinski definition) is 1. The van der Waals surface area contributed by atoms with Gasteiger partial charge in [0, 0.05) is 19.0 Å². The molecule has 0 unspecified atom stereocenters. The summed E-state index contributed by atoms with van der Waals surface area (Å²) in [6.07, 6.45) is 2.47. The van der Waals surface area contributed by atoms with Gasteiger partial charge in [0.1, 0.15) is 12.4 Å². The highest BCUT2D eigenvalue weighted by atomic mass is 32.2. The fourth-order valence-corrected chi connectivity index (χ4v) is 5.45. The molecular formula is C25H34N2O4S. The molecule has 0 aromatic heterocycles. The van der Waals surface area contributed by atoms with Gasteiger partial charge < -0.3 is 10.1 Å². The van der Waals surface area contributed by atoms with Crippen LogP contribution in [0.4, 0.5) is 0 Å². The Morgan fingerprint density at radius 2 is 1.78 bits per heavy atom. The third-order valence-electron chi connectivity index (χ3n) is 6.08. The highest BCUT2D eigenvalue weighted by molar-refractivity contribution is 7.89. The van der Waals surface area contributed by atoms with E-state index in [9.17, 15) is 13.2 Å². The quantitative estimate of drug-likeness (QED) is 0.553. The van der Waals surface area contributed by atoms with Crippen LogP contribution in [0.3, 0.4) is 0 Å². The Balaban J connectivity index is 1.34. The fourth-order valence-electron chi connectivity index (χ4n) is 3.92. The van der Waals surface area contributed by atoms with Crippen molar-refractivity contribution in [1.29, 1.82) is 0 Å². The molecule has 2 aromatic rings. The first-order valence-corrected chi connectivity index (χ1v) is 13.0. The Bertz CT molecular complexity index is 984. The monoisotopic (exact) mass is 458 g/mol. The molecule has 1 fully saturated rings. The smallest absolute Gasteiger partial charge is 0.223 e. The Labute approximate surface area is 192 Å². The summed E-state index contributed by atoms with van der Waals surface area (Å²) in [6.45, 7) is 5.75. The maximum absolute atomic E-state index is 12.7. The fraction of sp³-hybridized carbons (Fsp3) is 0.480. The Hall–Kier alpha value is -2.38. The molecule has 1 aliphatic heterocycles. The number of carbonyl (C=O) groups excluding carboxylic acids is 1. The molecule has 0 atom stereocenters. The van der Waals surface area contributed by atoms with Gasteiger partial charge in [0.05, 0.1) is 12.3 Å². The van der Waals surface area contributed by atoms with Gasteiger partial charge in [0.15, 0.2) is 0 Å². The van der Waals surface area contributed by atoms with Crippen LogP contribution in [-0.2, 0) is 21.2 Å². The molecule has 174 valence electrons. The zero-order chi connectivity index (χ0) is 23.0. The normalized spacial score (nSPS) is 15.4. The molecule has 3 rings (SSSR count). The first-order valence-electron chi connectivity index (χ1n) is 11.3. The molecular weight excluding hydrogens is 424 g/mol. The minimum absolute atomic E-state index is 0.0187. The highest BCUT2D eigenvalue weighted by Gasteiger charge is 2.30. The summed E-state index contributed by atoms with van der Waals surface area (Å²) >= 11 is 0. The summed E-state index contributed by atoms with van der Waals surface area (Å²) in [5.74, 6) is 0.782. The Kier molecular flexibility index (Phi) is 8.70. The van der Waals surface area contributed by atoms with Crippen LogP contribution in [0, 0.1) is 19.8 Å². The predicted octanol–water partition coefficient (Wildman–Crippen LogP) is 3.47. The lowest BCUT2D eigenvalue weighted by molar-refractivity contribution is -0.126. The van der Waals surface area contributed by atoms with Crippen molar-refractivity contribution in [2.45, 2.75) is 39.5 Å². The van der Waals surface area contributed by atoms with Gasteiger partial charge in [0.2, 0.25) is 15.9 Å². The summed E-state index contributed by atoms with van der Waals surface area (Å²) < 4.78 is 32.6. The van der Waals surface area contributed by atoms with Crippen LogP contribution in [0.1, 0.15) is 36.0 Å². The van der Waals surface area contributed by atoms with Gasteiger partial charge in [-0.25, -0.2) is 12.7 Å². The summed E-state index contributed by atoms with van der Waals surface area (Å²) in [5.41, 5.74) is 3.54. The Morgan fingerprint density at radius 1 is 1.06 bits per heavy atom. The average Bonchev–Trinajstić information content (AvgIpc) is 2.79. The van der Waals surface area contributed by atoms with Crippen molar-refractivity contribution < 1.29 is 17.9 Å². The topological polar surface area (TPSA) is 75.7 Å². The second-order valence-corrected chi connectivity index (χ2v) is 10.6. The van der Waals surface area contributed by atoms with E-state index in [4.69, 9.17) is 4.74 Å². The summed E-state index contributed by atoms with van der Waals surface area (Å²) in [6, 6.07) is 15.9. The molecule has 0 saturated carbocycles. The number of aryl methyl sites for hydroxylation is 3. The number of carbonyl (C=O) groups is 1. The number of amides is 1. The Morgan fingerprint density at radius 3 is 2.47 bits per heavy atom. The SMILES string of the molecule is Cc1ccc(OCCNC(=O)C2CCN(S(=O)(=O)CCCc3ccccc3)CC2)cc1C. The molecule has 1 amide bonds. The van der Waals surface area contributed by atoms with Crippen LogP contribution in [0.25, 0.3) is 0 Å². The van der Waals surface area contributed by atoms with E-state index in [2.05, 4.69) is 12.2 Å². The van der Waals surface area contributed by atoms with Crippen LogP contribution in [0.5, 0.6) is 5.75 Å². The van der Waals surface area contributed by atoms with Gasteiger partial charge in [-0.05, 0) is 68.4 Å². The first-order chi connectivity index (χ1) is 15.3. The highest BCUT2D eigenvalue weighted by Crippen LogP contribution is 2.21. The molecule has 0 spiro atoms. The molecule has 1 saturated heterocycles. The van der Waals surface area contributed by atoms with Crippen molar-refractivity contribution in [3.8, 4) is 5.75 Å². The third-order valence-corrected chi connectivity index (χ3v) is 8.03. The van der Waals surface area contributed by atoms with Gasteiger partial charge in [-0.2, -0.15) is 0 Å². The number of piperidine rings is 1. The van der Waals surface area contributed by atoms with Crippen molar-refractivity contribution in [3.05, 3.63) is 65.2 Å². The molecule has 1 N–H and O–H groups in total.